The lowest BCUT2D eigenvalue weighted by Crippen LogP contribution is -2.32. The second-order valence-corrected chi connectivity index (χ2v) is 8.11. The molecule has 25 heavy (non-hydrogen) atoms. The molecule has 1 fully saturated rings. The van der Waals surface area contributed by atoms with Crippen LogP contribution in [0.2, 0.25) is 0 Å². The number of nitrogens with zero attached hydrogens (tertiary/aromatic N) is 3. The van der Waals surface area contributed by atoms with Crippen LogP contribution < -0.4 is 10.6 Å². The Bertz CT molecular complexity index is 713. The van der Waals surface area contributed by atoms with Crippen molar-refractivity contribution in [3.05, 3.63) is 22.8 Å². The Morgan fingerprint density at radius 2 is 2.20 bits per heavy atom. The quantitative estimate of drug-likeness (QED) is 0.873. The van der Waals surface area contributed by atoms with E-state index in [0.29, 0.717) is 12.6 Å². The van der Waals surface area contributed by atoms with Gasteiger partial charge in [0.25, 0.3) is 0 Å². The smallest absolute Gasteiger partial charge is 0.408 e. The van der Waals surface area contributed by atoms with Gasteiger partial charge in [0.1, 0.15) is 10.6 Å². The van der Waals surface area contributed by atoms with Gasteiger partial charge in [-0.05, 0) is 46.7 Å². The molecule has 2 aromatic rings. The minimum atomic E-state index is -0.499. The van der Waals surface area contributed by atoms with Crippen LogP contribution in [0, 0.1) is 0 Å². The molecule has 0 saturated carbocycles. The van der Waals surface area contributed by atoms with Crippen molar-refractivity contribution < 1.29 is 9.53 Å². The highest BCUT2D eigenvalue weighted by atomic mass is 32.1. The number of rotatable bonds is 4. The average Bonchev–Trinajstić information content (AvgIpc) is 3.21. The molecule has 1 saturated heterocycles. The molecular formula is C17H25N5O2S. The Kier molecular flexibility index (Phi) is 5.39. The molecule has 0 aliphatic carbocycles. The molecule has 0 bridgehead atoms. The van der Waals surface area contributed by atoms with E-state index >= 15 is 0 Å². The van der Waals surface area contributed by atoms with Gasteiger partial charge in [0.05, 0.1) is 24.5 Å². The summed E-state index contributed by atoms with van der Waals surface area (Å²) in [5, 5.41) is 13.4. The van der Waals surface area contributed by atoms with Gasteiger partial charge in [0, 0.05) is 17.1 Å². The Labute approximate surface area is 151 Å². The summed E-state index contributed by atoms with van der Waals surface area (Å²) in [4.78, 5) is 16.3. The van der Waals surface area contributed by atoms with E-state index in [4.69, 9.17) is 4.74 Å². The van der Waals surface area contributed by atoms with Gasteiger partial charge in [0.2, 0.25) is 0 Å². The summed E-state index contributed by atoms with van der Waals surface area (Å²) in [6.45, 7) is 7.96. The first-order valence-electron chi connectivity index (χ1n) is 8.57. The third-order valence-electron chi connectivity index (χ3n) is 3.91. The number of carbonyl (C=O) groups excluding carboxylic acids is 1. The van der Waals surface area contributed by atoms with E-state index < -0.39 is 11.7 Å². The van der Waals surface area contributed by atoms with Crippen molar-refractivity contribution in [2.45, 2.75) is 51.8 Å². The number of piperidine rings is 1. The van der Waals surface area contributed by atoms with Gasteiger partial charge in [0.15, 0.2) is 0 Å². The van der Waals surface area contributed by atoms with Gasteiger partial charge in [-0.15, -0.1) is 11.3 Å². The lowest BCUT2D eigenvalue weighted by Gasteiger charge is -2.22. The molecule has 0 radical (unpaired) electrons. The van der Waals surface area contributed by atoms with Crippen molar-refractivity contribution in [1.29, 1.82) is 0 Å². The maximum Gasteiger partial charge on any atom is 0.408 e. The lowest BCUT2D eigenvalue weighted by molar-refractivity contribution is 0.0523. The van der Waals surface area contributed by atoms with Crippen molar-refractivity contribution in [2.24, 2.45) is 0 Å². The summed E-state index contributed by atoms with van der Waals surface area (Å²) < 4.78 is 7.28. The van der Waals surface area contributed by atoms with E-state index in [2.05, 4.69) is 26.9 Å². The van der Waals surface area contributed by atoms with Crippen molar-refractivity contribution >= 4 is 17.4 Å². The van der Waals surface area contributed by atoms with Crippen LogP contribution in [0.15, 0.2) is 17.8 Å². The summed E-state index contributed by atoms with van der Waals surface area (Å²) in [6, 6.07) is 0.460. The van der Waals surface area contributed by atoms with Crippen molar-refractivity contribution in [3.63, 3.8) is 0 Å². The zero-order valence-corrected chi connectivity index (χ0v) is 15.7. The van der Waals surface area contributed by atoms with Crippen LogP contribution in [0.5, 0.6) is 0 Å². The molecule has 0 atom stereocenters. The Morgan fingerprint density at radius 1 is 1.44 bits per heavy atom. The predicted octanol–water partition coefficient (Wildman–Crippen LogP) is 2.96. The summed E-state index contributed by atoms with van der Waals surface area (Å²) in [5.74, 6) is 0. The number of thiazole rings is 1. The molecule has 3 heterocycles. The van der Waals surface area contributed by atoms with E-state index in [1.807, 2.05) is 37.0 Å². The van der Waals surface area contributed by atoms with Crippen molar-refractivity contribution in [1.82, 2.24) is 25.4 Å². The number of aromatic nitrogens is 3. The molecule has 7 nitrogen and oxygen atoms in total. The number of ether oxygens (including phenoxy) is 1. The molecular weight excluding hydrogens is 338 g/mol. The third kappa shape index (κ3) is 5.02. The van der Waals surface area contributed by atoms with Gasteiger partial charge < -0.3 is 15.4 Å². The Morgan fingerprint density at radius 3 is 2.92 bits per heavy atom. The number of nitrogens with one attached hydrogen (secondary N) is 2. The number of hydrogen-bond donors (Lipinski definition) is 2. The van der Waals surface area contributed by atoms with E-state index in [9.17, 15) is 4.79 Å². The van der Waals surface area contributed by atoms with Gasteiger partial charge in [-0.2, -0.15) is 5.10 Å². The highest BCUT2D eigenvalue weighted by Gasteiger charge is 2.18. The first-order chi connectivity index (χ1) is 11.9. The zero-order valence-electron chi connectivity index (χ0n) is 14.9. The van der Waals surface area contributed by atoms with Crippen LogP contribution in [0.3, 0.4) is 0 Å². The van der Waals surface area contributed by atoms with Gasteiger partial charge >= 0.3 is 6.09 Å². The van der Waals surface area contributed by atoms with Crippen LogP contribution in [0.25, 0.3) is 11.3 Å². The molecule has 3 rings (SSSR count). The normalized spacial score (nSPS) is 16.0. The third-order valence-corrected chi connectivity index (χ3v) is 4.76. The van der Waals surface area contributed by atoms with Crippen molar-refractivity contribution in [2.75, 3.05) is 13.1 Å². The zero-order chi connectivity index (χ0) is 17.9. The first kappa shape index (κ1) is 17.9. The second kappa shape index (κ2) is 7.53. The van der Waals surface area contributed by atoms with Gasteiger partial charge in [-0.3, -0.25) is 4.68 Å². The van der Waals surface area contributed by atoms with Crippen LogP contribution in [-0.4, -0.2) is 39.5 Å². The lowest BCUT2D eigenvalue weighted by atomic mass is 10.1. The summed E-state index contributed by atoms with van der Waals surface area (Å²) in [5.41, 5.74) is 1.41. The van der Waals surface area contributed by atoms with E-state index in [0.717, 1.165) is 42.2 Å². The molecule has 1 amide bonds. The first-order valence-corrected chi connectivity index (χ1v) is 9.45. The average molecular weight is 363 g/mol. The number of amides is 1. The fraction of sp³-hybridized carbons (Fsp3) is 0.588. The van der Waals surface area contributed by atoms with E-state index in [1.165, 1.54) is 11.3 Å². The molecule has 136 valence electrons. The molecule has 1 aliphatic rings. The molecule has 0 aromatic carbocycles. The van der Waals surface area contributed by atoms with Crippen LogP contribution in [0.1, 0.15) is 44.7 Å². The molecule has 0 unspecified atom stereocenters. The molecule has 2 aromatic heterocycles. The molecule has 0 spiro atoms. The summed E-state index contributed by atoms with van der Waals surface area (Å²) >= 11 is 1.52. The highest BCUT2D eigenvalue weighted by molar-refractivity contribution is 7.09. The van der Waals surface area contributed by atoms with Gasteiger partial charge in [-0.1, -0.05) is 0 Å². The Balaban J connectivity index is 1.58. The molecule has 2 N–H and O–H groups in total. The topological polar surface area (TPSA) is 81.1 Å². The maximum atomic E-state index is 11.7. The number of carbonyl (C=O) groups is 1. The minimum Gasteiger partial charge on any atom is -0.444 e. The van der Waals surface area contributed by atoms with Gasteiger partial charge in [-0.25, -0.2) is 9.78 Å². The molecule has 8 heteroatoms. The standard InChI is InChI=1S/C17H25N5O2S/c1-17(2,3)24-16(23)19-9-15-21-14(11-25-15)12-8-20-22(10-12)13-4-6-18-7-5-13/h8,10-11,13,18H,4-7,9H2,1-3H3,(H,19,23). The SMILES string of the molecule is CC(C)(C)OC(=O)NCc1nc(-c2cnn(C3CCNCC3)c2)cs1. The van der Waals surface area contributed by atoms with Crippen LogP contribution in [-0.2, 0) is 11.3 Å². The van der Waals surface area contributed by atoms with E-state index in [1.54, 1.807) is 0 Å². The largest absolute Gasteiger partial charge is 0.444 e. The summed E-state index contributed by atoms with van der Waals surface area (Å²) in [6.07, 6.45) is 5.70. The van der Waals surface area contributed by atoms with Crippen molar-refractivity contribution in [3.8, 4) is 11.3 Å². The number of alkyl carbamates (subject to hydrolysis) is 1. The van der Waals surface area contributed by atoms with Crippen LogP contribution >= 0.6 is 11.3 Å². The fourth-order valence-corrected chi connectivity index (χ4v) is 3.47. The highest BCUT2D eigenvalue weighted by Crippen LogP contribution is 2.24. The minimum absolute atomic E-state index is 0.363. The fourth-order valence-electron chi connectivity index (χ4n) is 2.73. The maximum absolute atomic E-state index is 11.7. The summed E-state index contributed by atoms with van der Waals surface area (Å²) in [7, 11) is 0. The Hall–Kier alpha value is -1.93. The molecule has 1 aliphatic heterocycles. The predicted molar refractivity (Wildman–Crippen MR) is 97.5 cm³/mol. The number of hydrogen-bond acceptors (Lipinski definition) is 6. The second-order valence-electron chi connectivity index (χ2n) is 7.17. The van der Waals surface area contributed by atoms with Crippen LogP contribution in [0.4, 0.5) is 4.79 Å². The van der Waals surface area contributed by atoms with E-state index in [-0.39, 0.29) is 0 Å². The monoisotopic (exact) mass is 363 g/mol.